The highest BCUT2D eigenvalue weighted by atomic mass is 35.5. The number of nitrogens with zero attached hydrogens (tertiary/aromatic N) is 3. The fourth-order valence-electron chi connectivity index (χ4n) is 1.77. The van der Waals surface area contributed by atoms with Crippen molar-refractivity contribution >= 4 is 29.2 Å². The van der Waals surface area contributed by atoms with E-state index in [0.29, 0.717) is 27.8 Å². The molecule has 0 aliphatic carbocycles. The van der Waals surface area contributed by atoms with Crippen LogP contribution in [0.4, 0.5) is 0 Å². The van der Waals surface area contributed by atoms with Gasteiger partial charge in [0.05, 0.1) is 16.4 Å². The average molecular weight is 300 g/mol. The molecule has 0 aliphatic heterocycles. The molecule has 0 aliphatic rings. The van der Waals surface area contributed by atoms with Gasteiger partial charge in [-0.1, -0.05) is 41.8 Å². The molecular formula is C12H11Cl2N3O2. The van der Waals surface area contributed by atoms with Crippen molar-refractivity contribution in [3.63, 3.8) is 0 Å². The summed E-state index contributed by atoms with van der Waals surface area (Å²) in [5.74, 6) is -1.10. The number of carbonyl (C=O) groups is 1. The number of hydrogen-bond donors (Lipinski definition) is 1. The standard InChI is InChI=1S/C12H11Cl2N3O2/c1-2-3-9-11(12(18)19)15-16-17(9)10-6-7(13)4-5-8(10)14/h4-6H,2-3H2,1H3,(H,18,19). The second-order valence-electron chi connectivity index (χ2n) is 3.95. The van der Waals surface area contributed by atoms with Gasteiger partial charge < -0.3 is 5.11 Å². The predicted molar refractivity (Wildman–Crippen MR) is 72.3 cm³/mol. The largest absolute Gasteiger partial charge is 0.476 e. The van der Waals surface area contributed by atoms with Gasteiger partial charge in [-0.3, -0.25) is 0 Å². The first kappa shape index (κ1) is 13.8. The van der Waals surface area contributed by atoms with Crippen LogP contribution in [-0.2, 0) is 6.42 Å². The van der Waals surface area contributed by atoms with Crippen molar-refractivity contribution in [3.05, 3.63) is 39.6 Å². The van der Waals surface area contributed by atoms with Crippen molar-refractivity contribution in [2.75, 3.05) is 0 Å². The van der Waals surface area contributed by atoms with E-state index < -0.39 is 5.97 Å². The number of carboxylic acids is 1. The molecule has 19 heavy (non-hydrogen) atoms. The van der Waals surface area contributed by atoms with Gasteiger partial charge in [-0.25, -0.2) is 9.48 Å². The van der Waals surface area contributed by atoms with Crippen LogP contribution < -0.4 is 0 Å². The zero-order chi connectivity index (χ0) is 14.0. The van der Waals surface area contributed by atoms with E-state index in [4.69, 9.17) is 28.3 Å². The molecule has 0 spiro atoms. The number of carboxylic acid groups (broad SMARTS) is 1. The third-order valence-corrected chi connectivity index (χ3v) is 3.14. The molecule has 0 saturated heterocycles. The van der Waals surface area contributed by atoms with Crippen molar-refractivity contribution in [1.82, 2.24) is 15.0 Å². The van der Waals surface area contributed by atoms with Crippen molar-refractivity contribution in [2.24, 2.45) is 0 Å². The molecule has 0 bridgehead atoms. The third kappa shape index (κ3) is 2.72. The topological polar surface area (TPSA) is 68.0 Å². The van der Waals surface area contributed by atoms with E-state index in [1.807, 2.05) is 6.92 Å². The lowest BCUT2D eigenvalue weighted by Gasteiger charge is -2.08. The number of aromatic carboxylic acids is 1. The van der Waals surface area contributed by atoms with E-state index in [9.17, 15) is 4.79 Å². The molecule has 0 unspecified atom stereocenters. The molecule has 0 atom stereocenters. The van der Waals surface area contributed by atoms with Crippen LogP contribution in [0, 0.1) is 0 Å². The second kappa shape index (κ2) is 5.59. The van der Waals surface area contributed by atoms with E-state index in [1.165, 1.54) is 4.68 Å². The predicted octanol–water partition coefficient (Wildman–Crippen LogP) is 3.22. The molecule has 5 nitrogen and oxygen atoms in total. The van der Waals surface area contributed by atoms with Crippen molar-refractivity contribution in [1.29, 1.82) is 0 Å². The highest BCUT2D eigenvalue weighted by Crippen LogP contribution is 2.26. The normalized spacial score (nSPS) is 10.7. The summed E-state index contributed by atoms with van der Waals surface area (Å²) >= 11 is 12.0. The van der Waals surface area contributed by atoms with Gasteiger partial charge in [-0.15, -0.1) is 5.10 Å². The maximum atomic E-state index is 11.1. The summed E-state index contributed by atoms with van der Waals surface area (Å²) in [6.07, 6.45) is 1.31. The highest BCUT2D eigenvalue weighted by molar-refractivity contribution is 6.34. The average Bonchev–Trinajstić information content (AvgIpc) is 2.76. The minimum absolute atomic E-state index is 0.0575. The Morgan fingerprint density at radius 2 is 2.16 bits per heavy atom. The molecular weight excluding hydrogens is 289 g/mol. The van der Waals surface area contributed by atoms with Gasteiger partial charge in [-0.05, 0) is 24.6 Å². The Balaban J connectivity index is 2.61. The van der Waals surface area contributed by atoms with Gasteiger partial charge in [0, 0.05) is 5.02 Å². The first-order valence-corrected chi connectivity index (χ1v) is 6.43. The summed E-state index contributed by atoms with van der Waals surface area (Å²) in [4.78, 5) is 11.1. The Hall–Kier alpha value is -1.59. The number of halogens is 2. The molecule has 0 amide bonds. The van der Waals surface area contributed by atoms with E-state index in [2.05, 4.69) is 10.3 Å². The van der Waals surface area contributed by atoms with E-state index in [-0.39, 0.29) is 5.69 Å². The van der Waals surface area contributed by atoms with Crippen molar-refractivity contribution in [2.45, 2.75) is 19.8 Å². The minimum atomic E-state index is -1.10. The summed E-state index contributed by atoms with van der Waals surface area (Å²) in [6.45, 7) is 1.95. The van der Waals surface area contributed by atoms with E-state index in [1.54, 1.807) is 18.2 Å². The molecule has 1 heterocycles. The number of benzene rings is 1. The molecule has 1 N–H and O–H groups in total. The molecule has 0 saturated carbocycles. The van der Waals surface area contributed by atoms with Gasteiger partial charge in [0.1, 0.15) is 0 Å². The monoisotopic (exact) mass is 299 g/mol. The molecule has 1 aromatic heterocycles. The minimum Gasteiger partial charge on any atom is -0.476 e. The van der Waals surface area contributed by atoms with E-state index >= 15 is 0 Å². The van der Waals surface area contributed by atoms with Gasteiger partial charge in [0.2, 0.25) is 0 Å². The summed E-state index contributed by atoms with van der Waals surface area (Å²) < 4.78 is 1.43. The quantitative estimate of drug-likeness (QED) is 0.941. The van der Waals surface area contributed by atoms with Crippen LogP contribution in [0.25, 0.3) is 5.69 Å². The molecule has 1 aromatic carbocycles. The highest BCUT2D eigenvalue weighted by Gasteiger charge is 2.20. The number of hydrogen-bond acceptors (Lipinski definition) is 3. The zero-order valence-electron chi connectivity index (χ0n) is 10.1. The summed E-state index contributed by atoms with van der Waals surface area (Å²) in [7, 11) is 0. The summed E-state index contributed by atoms with van der Waals surface area (Å²) in [5.41, 5.74) is 0.981. The Morgan fingerprint density at radius 1 is 1.42 bits per heavy atom. The second-order valence-corrected chi connectivity index (χ2v) is 4.79. The van der Waals surface area contributed by atoms with Crippen LogP contribution in [0.15, 0.2) is 18.2 Å². The molecule has 2 rings (SSSR count). The van der Waals surface area contributed by atoms with E-state index in [0.717, 1.165) is 6.42 Å². The fourth-order valence-corrected chi connectivity index (χ4v) is 2.13. The SMILES string of the molecule is CCCc1c(C(=O)O)nnn1-c1cc(Cl)ccc1Cl. The lowest BCUT2D eigenvalue weighted by molar-refractivity contribution is 0.0689. The molecule has 2 aromatic rings. The Morgan fingerprint density at radius 3 is 2.79 bits per heavy atom. The fraction of sp³-hybridized carbons (Fsp3) is 0.250. The van der Waals surface area contributed by atoms with Crippen molar-refractivity contribution in [3.8, 4) is 5.69 Å². The summed E-state index contributed by atoms with van der Waals surface area (Å²) in [5, 5.41) is 17.6. The molecule has 100 valence electrons. The Labute approximate surface area is 119 Å². The van der Waals surface area contributed by atoms with Crippen LogP contribution in [-0.4, -0.2) is 26.1 Å². The Bertz CT molecular complexity index is 625. The maximum absolute atomic E-state index is 11.1. The van der Waals surface area contributed by atoms with Crippen molar-refractivity contribution < 1.29 is 9.90 Å². The first-order valence-electron chi connectivity index (χ1n) is 5.68. The third-order valence-electron chi connectivity index (χ3n) is 2.59. The molecule has 0 fully saturated rings. The lowest BCUT2D eigenvalue weighted by atomic mass is 10.2. The smallest absolute Gasteiger partial charge is 0.358 e. The molecule has 0 radical (unpaired) electrons. The zero-order valence-corrected chi connectivity index (χ0v) is 11.6. The number of aromatic nitrogens is 3. The lowest BCUT2D eigenvalue weighted by Crippen LogP contribution is -2.07. The molecule has 7 heteroatoms. The van der Waals surface area contributed by atoms with Crippen LogP contribution in [0.5, 0.6) is 0 Å². The Kier molecular flexibility index (Phi) is 4.07. The summed E-state index contributed by atoms with van der Waals surface area (Å²) in [6, 6.07) is 4.92. The first-order chi connectivity index (χ1) is 9.04. The van der Waals surface area contributed by atoms with Crippen LogP contribution in [0.3, 0.4) is 0 Å². The van der Waals surface area contributed by atoms with Crippen LogP contribution in [0.1, 0.15) is 29.5 Å². The van der Waals surface area contributed by atoms with Crippen LogP contribution in [0.2, 0.25) is 10.0 Å². The van der Waals surface area contributed by atoms with Gasteiger partial charge in [0.15, 0.2) is 5.69 Å². The van der Waals surface area contributed by atoms with Gasteiger partial charge >= 0.3 is 5.97 Å². The van der Waals surface area contributed by atoms with Gasteiger partial charge in [-0.2, -0.15) is 0 Å². The number of rotatable bonds is 4. The van der Waals surface area contributed by atoms with Gasteiger partial charge in [0.25, 0.3) is 0 Å². The van der Waals surface area contributed by atoms with Crippen LogP contribution >= 0.6 is 23.2 Å². The maximum Gasteiger partial charge on any atom is 0.358 e.